The van der Waals surface area contributed by atoms with Crippen molar-refractivity contribution >= 4 is 5.91 Å². The van der Waals surface area contributed by atoms with E-state index in [2.05, 4.69) is 5.32 Å². The molecule has 1 fully saturated rings. The van der Waals surface area contributed by atoms with Crippen LogP contribution in [0.4, 0.5) is 0 Å². The molecule has 0 atom stereocenters. The number of ether oxygens (including phenoxy) is 1. The summed E-state index contributed by atoms with van der Waals surface area (Å²) >= 11 is 0. The van der Waals surface area contributed by atoms with Gasteiger partial charge in [-0.15, -0.1) is 0 Å². The summed E-state index contributed by atoms with van der Waals surface area (Å²) in [5.41, 5.74) is 0. The summed E-state index contributed by atoms with van der Waals surface area (Å²) < 4.78 is 5.20. The Bertz CT molecular complexity index is 200. The molecule has 0 aliphatic heterocycles. The van der Waals surface area contributed by atoms with Crippen molar-refractivity contribution in [3.05, 3.63) is 0 Å². The normalized spacial score (nSPS) is 17.0. The smallest absolute Gasteiger partial charge is 0.220 e. The van der Waals surface area contributed by atoms with E-state index in [1.807, 2.05) is 6.92 Å². The third kappa shape index (κ3) is 7.37. The topological polar surface area (TPSA) is 38.3 Å². The molecule has 100 valence electrons. The van der Waals surface area contributed by atoms with E-state index >= 15 is 0 Å². The van der Waals surface area contributed by atoms with E-state index in [0.717, 1.165) is 31.9 Å². The molecule has 0 unspecified atom stereocenters. The van der Waals surface area contributed by atoms with Gasteiger partial charge in [0.05, 0.1) is 0 Å². The molecule has 17 heavy (non-hydrogen) atoms. The Kier molecular flexibility index (Phi) is 8.06. The maximum atomic E-state index is 11.5. The predicted molar refractivity (Wildman–Crippen MR) is 69.9 cm³/mol. The number of carbonyl (C=O) groups excluding carboxylic acids is 1. The molecule has 0 saturated heterocycles. The van der Waals surface area contributed by atoms with Gasteiger partial charge in [0, 0.05) is 26.2 Å². The molecule has 0 aromatic carbocycles. The van der Waals surface area contributed by atoms with Crippen LogP contribution in [0.5, 0.6) is 0 Å². The van der Waals surface area contributed by atoms with Gasteiger partial charge >= 0.3 is 0 Å². The summed E-state index contributed by atoms with van der Waals surface area (Å²) in [6.45, 7) is 4.28. The number of rotatable bonds is 8. The zero-order valence-corrected chi connectivity index (χ0v) is 11.2. The van der Waals surface area contributed by atoms with Gasteiger partial charge in [-0.05, 0) is 25.7 Å². The molecule has 0 aromatic rings. The molecule has 0 spiro atoms. The monoisotopic (exact) mass is 241 g/mol. The fraction of sp³-hybridized carbons (Fsp3) is 0.929. The van der Waals surface area contributed by atoms with E-state index in [1.54, 1.807) is 0 Å². The van der Waals surface area contributed by atoms with Crippen LogP contribution in [-0.4, -0.2) is 25.7 Å². The summed E-state index contributed by atoms with van der Waals surface area (Å²) in [7, 11) is 0. The zero-order valence-electron chi connectivity index (χ0n) is 11.2. The molecule has 1 aliphatic carbocycles. The quantitative estimate of drug-likeness (QED) is 0.664. The van der Waals surface area contributed by atoms with Crippen molar-refractivity contribution in [2.24, 2.45) is 5.92 Å². The van der Waals surface area contributed by atoms with Gasteiger partial charge in [0.2, 0.25) is 5.91 Å². The largest absolute Gasteiger partial charge is 0.382 e. The standard InChI is InChI=1S/C14H27NO2/c1-2-17-12-6-9-14(16)15-11-10-13-7-4-3-5-8-13/h13H,2-12H2,1H3,(H,15,16). The highest BCUT2D eigenvalue weighted by Gasteiger charge is 2.13. The Labute approximate surface area is 105 Å². The van der Waals surface area contributed by atoms with Crippen molar-refractivity contribution < 1.29 is 9.53 Å². The first kappa shape index (κ1) is 14.5. The molecular weight excluding hydrogens is 214 g/mol. The molecule has 1 amide bonds. The molecule has 1 aliphatic rings. The predicted octanol–water partition coefficient (Wildman–Crippen LogP) is 2.89. The van der Waals surface area contributed by atoms with Crippen molar-refractivity contribution in [1.29, 1.82) is 0 Å². The first-order valence-corrected chi connectivity index (χ1v) is 7.17. The molecule has 0 radical (unpaired) electrons. The second-order valence-corrected chi connectivity index (χ2v) is 4.94. The number of hydrogen-bond donors (Lipinski definition) is 1. The summed E-state index contributed by atoms with van der Waals surface area (Å²) in [6, 6.07) is 0. The minimum Gasteiger partial charge on any atom is -0.382 e. The molecule has 3 nitrogen and oxygen atoms in total. The third-order valence-electron chi connectivity index (χ3n) is 3.50. The molecule has 0 aromatic heterocycles. The number of hydrogen-bond acceptors (Lipinski definition) is 2. The Morgan fingerprint density at radius 2 is 2.06 bits per heavy atom. The van der Waals surface area contributed by atoms with Crippen molar-refractivity contribution in [2.75, 3.05) is 19.8 Å². The Balaban J connectivity index is 1.92. The van der Waals surface area contributed by atoms with Crippen molar-refractivity contribution in [3.63, 3.8) is 0 Å². The maximum absolute atomic E-state index is 11.5. The molecule has 0 heterocycles. The van der Waals surface area contributed by atoms with Gasteiger partial charge in [0.15, 0.2) is 0 Å². The SMILES string of the molecule is CCOCCCC(=O)NCCC1CCCCC1. The van der Waals surface area contributed by atoms with Crippen LogP contribution in [0.2, 0.25) is 0 Å². The Morgan fingerprint density at radius 3 is 2.76 bits per heavy atom. The molecule has 1 saturated carbocycles. The van der Waals surface area contributed by atoms with E-state index in [0.29, 0.717) is 13.0 Å². The summed E-state index contributed by atoms with van der Waals surface area (Å²) in [5, 5.41) is 3.01. The Hall–Kier alpha value is -0.570. The van der Waals surface area contributed by atoms with E-state index in [-0.39, 0.29) is 5.91 Å². The summed E-state index contributed by atoms with van der Waals surface area (Å²) in [5.74, 6) is 1.04. The van der Waals surface area contributed by atoms with Crippen molar-refractivity contribution in [2.45, 2.75) is 58.3 Å². The van der Waals surface area contributed by atoms with Gasteiger partial charge < -0.3 is 10.1 Å². The summed E-state index contributed by atoms with van der Waals surface area (Å²) in [4.78, 5) is 11.5. The average molecular weight is 241 g/mol. The minimum atomic E-state index is 0.181. The van der Waals surface area contributed by atoms with Crippen LogP contribution < -0.4 is 5.32 Å². The second kappa shape index (κ2) is 9.46. The van der Waals surface area contributed by atoms with Crippen LogP contribution in [-0.2, 0) is 9.53 Å². The summed E-state index contributed by atoms with van der Waals surface area (Å²) in [6.07, 6.45) is 9.49. The highest BCUT2D eigenvalue weighted by atomic mass is 16.5. The zero-order chi connectivity index (χ0) is 12.3. The molecule has 1 N–H and O–H groups in total. The van der Waals surface area contributed by atoms with Gasteiger partial charge in [-0.1, -0.05) is 32.1 Å². The molecule has 1 rings (SSSR count). The lowest BCUT2D eigenvalue weighted by molar-refractivity contribution is -0.121. The van der Waals surface area contributed by atoms with Crippen LogP contribution >= 0.6 is 0 Å². The lowest BCUT2D eigenvalue weighted by Gasteiger charge is -2.21. The first-order valence-electron chi connectivity index (χ1n) is 7.17. The van der Waals surface area contributed by atoms with Crippen LogP contribution in [0.3, 0.4) is 0 Å². The fourth-order valence-corrected chi connectivity index (χ4v) is 2.46. The highest BCUT2D eigenvalue weighted by molar-refractivity contribution is 5.75. The molecule has 0 bridgehead atoms. The van der Waals surface area contributed by atoms with Gasteiger partial charge in [0.25, 0.3) is 0 Å². The van der Waals surface area contributed by atoms with E-state index in [9.17, 15) is 4.79 Å². The van der Waals surface area contributed by atoms with Crippen molar-refractivity contribution in [1.82, 2.24) is 5.32 Å². The molecular formula is C14H27NO2. The number of amides is 1. The minimum absolute atomic E-state index is 0.181. The van der Waals surface area contributed by atoms with Gasteiger partial charge in [-0.2, -0.15) is 0 Å². The third-order valence-corrected chi connectivity index (χ3v) is 3.50. The Morgan fingerprint density at radius 1 is 1.29 bits per heavy atom. The average Bonchev–Trinajstić information content (AvgIpc) is 2.36. The highest BCUT2D eigenvalue weighted by Crippen LogP contribution is 2.25. The fourth-order valence-electron chi connectivity index (χ4n) is 2.46. The van der Waals surface area contributed by atoms with E-state index in [1.165, 1.54) is 32.1 Å². The first-order chi connectivity index (χ1) is 8.33. The lowest BCUT2D eigenvalue weighted by Crippen LogP contribution is -2.26. The second-order valence-electron chi connectivity index (χ2n) is 4.94. The van der Waals surface area contributed by atoms with Crippen molar-refractivity contribution in [3.8, 4) is 0 Å². The van der Waals surface area contributed by atoms with E-state index in [4.69, 9.17) is 4.74 Å². The maximum Gasteiger partial charge on any atom is 0.220 e. The van der Waals surface area contributed by atoms with Crippen LogP contribution in [0, 0.1) is 5.92 Å². The number of nitrogens with one attached hydrogen (secondary N) is 1. The number of carbonyl (C=O) groups is 1. The lowest BCUT2D eigenvalue weighted by atomic mass is 9.87. The van der Waals surface area contributed by atoms with E-state index < -0.39 is 0 Å². The van der Waals surface area contributed by atoms with Gasteiger partial charge in [-0.25, -0.2) is 0 Å². The van der Waals surface area contributed by atoms with Gasteiger partial charge in [0.1, 0.15) is 0 Å². The van der Waals surface area contributed by atoms with Crippen LogP contribution in [0.25, 0.3) is 0 Å². The van der Waals surface area contributed by atoms with Crippen LogP contribution in [0.15, 0.2) is 0 Å². The van der Waals surface area contributed by atoms with Gasteiger partial charge in [-0.3, -0.25) is 4.79 Å². The van der Waals surface area contributed by atoms with Crippen LogP contribution in [0.1, 0.15) is 58.3 Å². The molecule has 3 heteroatoms.